The first-order chi connectivity index (χ1) is 8.09. The van der Waals surface area contributed by atoms with E-state index in [0.29, 0.717) is 12.8 Å². The molecule has 0 spiro atoms. The summed E-state index contributed by atoms with van der Waals surface area (Å²) in [7, 11) is -3.22. The molecule has 1 saturated heterocycles. The van der Waals surface area contributed by atoms with E-state index in [1.807, 2.05) is 0 Å². The van der Waals surface area contributed by atoms with Crippen LogP contribution in [0.2, 0.25) is 0 Å². The number of rotatable bonds is 3. The van der Waals surface area contributed by atoms with Crippen LogP contribution in [0, 0.1) is 0 Å². The van der Waals surface area contributed by atoms with Gasteiger partial charge in [-0.05, 0) is 38.8 Å². The fourth-order valence-corrected chi connectivity index (χ4v) is 5.39. The van der Waals surface area contributed by atoms with Gasteiger partial charge >= 0.3 is 0 Å². The Morgan fingerprint density at radius 3 is 2.35 bits per heavy atom. The lowest BCUT2D eigenvalue weighted by Gasteiger charge is -2.35. The Hall–Kier alpha value is 0.110. The van der Waals surface area contributed by atoms with Crippen LogP contribution < -0.4 is 0 Å². The van der Waals surface area contributed by atoms with E-state index in [1.165, 1.54) is 6.42 Å². The summed E-state index contributed by atoms with van der Waals surface area (Å²) in [5.41, 5.74) is -0.377. The van der Waals surface area contributed by atoms with Crippen LogP contribution in [0.1, 0.15) is 44.9 Å². The Morgan fingerprint density at radius 2 is 1.71 bits per heavy atom. The largest absolute Gasteiger partial charge is 0.392 e. The third kappa shape index (κ3) is 3.54. The molecule has 1 aliphatic heterocycles. The molecule has 1 unspecified atom stereocenters. The molecular formula is C12H24NO3P. The number of aliphatic hydroxyl groups is 1. The molecule has 1 heterocycles. The third-order valence-corrected chi connectivity index (χ3v) is 6.51. The molecule has 2 fully saturated rings. The van der Waals surface area contributed by atoms with Crippen LogP contribution in [0.4, 0.5) is 0 Å². The zero-order valence-electron chi connectivity index (χ0n) is 10.4. The van der Waals surface area contributed by atoms with Gasteiger partial charge in [0, 0.05) is 0 Å². The van der Waals surface area contributed by atoms with Gasteiger partial charge in [-0.2, -0.15) is 0 Å². The van der Waals surface area contributed by atoms with Crippen molar-refractivity contribution < 1.29 is 14.6 Å². The summed E-state index contributed by atoms with van der Waals surface area (Å²) in [6.07, 6.45) is 6.59. The van der Waals surface area contributed by atoms with Gasteiger partial charge in [-0.1, -0.05) is 19.3 Å². The number of nitrogens with zero attached hydrogens (tertiary/aromatic N) is 1. The van der Waals surface area contributed by atoms with Crippen LogP contribution in [-0.2, 0) is 4.57 Å². The van der Waals surface area contributed by atoms with E-state index in [0.717, 1.165) is 38.8 Å². The Bertz CT molecular complexity index is 291. The molecule has 4 nitrogen and oxygen atoms in total. The lowest BCUT2D eigenvalue weighted by molar-refractivity contribution is 0.126. The first-order valence-electron chi connectivity index (χ1n) is 6.81. The van der Waals surface area contributed by atoms with Gasteiger partial charge in [0.1, 0.15) is 0 Å². The standard InChI is InChI=1S/C12H24NO3P/c14-11-6-2-3-7-12(11)17(15,16)10-13-8-4-1-5-9-13/h11-12,14H,1-10H2,(H,15,16)/t11-,12-/m1/s1. The Balaban J connectivity index is 1.94. The van der Waals surface area contributed by atoms with Crippen molar-refractivity contribution in [2.45, 2.75) is 56.7 Å². The van der Waals surface area contributed by atoms with E-state index in [4.69, 9.17) is 0 Å². The summed E-state index contributed by atoms with van der Waals surface area (Å²) >= 11 is 0. The van der Waals surface area contributed by atoms with Crippen LogP contribution in [-0.4, -0.2) is 46.0 Å². The zero-order chi connectivity index (χ0) is 12.3. The molecule has 2 aliphatic rings. The fraction of sp³-hybridized carbons (Fsp3) is 1.00. The van der Waals surface area contributed by atoms with Gasteiger partial charge in [-0.25, -0.2) is 0 Å². The number of piperidine rings is 1. The lowest BCUT2D eigenvalue weighted by Crippen LogP contribution is -2.36. The van der Waals surface area contributed by atoms with Gasteiger partial charge in [-0.3, -0.25) is 9.46 Å². The van der Waals surface area contributed by atoms with E-state index in [2.05, 4.69) is 4.90 Å². The highest BCUT2D eigenvalue weighted by molar-refractivity contribution is 7.58. The summed E-state index contributed by atoms with van der Waals surface area (Å²) < 4.78 is 12.4. The number of hydrogen-bond acceptors (Lipinski definition) is 3. The maximum atomic E-state index is 12.4. The average molecular weight is 261 g/mol. The van der Waals surface area contributed by atoms with Crippen LogP contribution in [0.3, 0.4) is 0 Å². The fourth-order valence-electron chi connectivity index (χ4n) is 3.05. The Morgan fingerprint density at radius 1 is 1.06 bits per heavy atom. The molecule has 0 aromatic carbocycles. The number of aliphatic hydroxyl groups excluding tert-OH is 1. The smallest absolute Gasteiger partial charge is 0.219 e. The van der Waals surface area contributed by atoms with Gasteiger partial charge in [-0.15, -0.1) is 0 Å². The highest BCUT2D eigenvalue weighted by Crippen LogP contribution is 2.52. The van der Waals surface area contributed by atoms with E-state index in [1.54, 1.807) is 0 Å². The van der Waals surface area contributed by atoms with E-state index < -0.39 is 13.5 Å². The molecule has 17 heavy (non-hydrogen) atoms. The number of hydrogen-bond donors (Lipinski definition) is 2. The molecule has 0 radical (unpaired) electrons. The van der Waals surface area contributed by atoms with Crippen molar-refractivity contribution in [1.29, 1.82) is 0 Å². The molecule has 0 aromatic heterocycles. The van der Waals surface area contributed by atoms with Gasteiger partial charge in [0.25, 0.3) is 0 Å². The zero-order valence-corrected chi connectivity index (χ0v) is 11.3. The molecule has 1 saturated carbocycles. The van der Waals surface area contributed by atoms with Crippen LogP contribution >= 0.6 is 7.37 Å². The number of likely N-dealkylation sites (tertiary alicyclic amines) is 1. The molecule has 2 N–H and O–H groups in total. The van der Waals surface area contributed by atoms with Gasteiger partial charge < -0.3 is 10.00 Å². The minimum atomic E-state index is -3.22. The van der Waals surface area contributed by atoms with Crippen molar-refractivity contribution in [1.82, 2.24) is 4.90 Å². The first kappa shape index (κ1) is 13.5. The van der Waals surface area contributed by atoms with Crippen molar-refractivity contribution in [2.24, 2.45) is 0 Å². The molecule has 100 valence electrons. The predicted octanol–water partition coefficient (Wildman–Crippen LogP) is 2.00. The predicted molar refractivity (Wildman–Crippen MR) is 68.4 cm³/mol. The lowest BCUT2D eigenvalue weighted by atomic mass is 9.97. The van der Waals surface area contributed by atoms with Crippen LogP contribution in [0.15, 0.2) is 0 Å². The Kier molecular flexibility index (Phi) is 4.65. The highest BCUT2D eigenvalue weighted by Gasteiger charge is 2.39. The normalized spacial score (nSPS) is 35.4. The van der Waals surface area contributed by atoms with Crippen molar-refractivity contribution in [3.8, 4) is 0 Å². The van der Waals surface area contributed by atoms with E-state index >= 15 is 0 Å². The van der Waals surface area contributed by atoms with E-state index in [9.17, 15) is 14.6 Å². The maximum absolute atomic E-state index is 12.4. The topological polar surface area (TPSA) is 60.8 Å². The molecule has 0 amide bonds. The quantitative estimate of drug-likeness (QED) is 0.763. The highest BCUT2D eigenvalue weighted by atomic mass is 31.2. The average Bonchev–Trinajstić information content (AvgIpc) is 2.30. The van der Waals surface area contributed by atoms with Crippen molar-refractivity contribution in [3.63, 3.8) is 0 Å². The van der Waals surface area contributed by atoms with Crippen LogP contribution in [0.5, 0.6) is 0 Å². The minimum Gasteiger partial charge on any atom is -0.392 e. The Labute approximate surface area is 103 Å². The molecular weight excluding hydrogens is 237 g/mol. The van der Waals surface area contributed by atoms with Crippen molar-refractivity contribution in [3.05, 3.63) is 0 Å². The monoisotopic (exact) mass is 261 g/mol. The summed E-state index contributed by atoms with van der Waals surface area (Å²) in [6, 6.07) is 0. The van der Waals surface area contributed by atoms with E-state index in [-0.39, 0.29) is 11.9 Å². The SMILES string of the molecule is O=P(O)(CN1CCCCC1)[C@@H]1CCCC[C@H]1O. The third-order valence-electron chi connectivity index (χ3n) is 4.06. The molecule has 0 aromatic rings. The van der Waals surface area contributed by atoms with Crippen LogP contribution in [0.25, 0.3) is 0 Å². The van der Waals surface area contributed by atoms with Gasteiger partial charge in [0.2, 0.25) is 7.37 Å². The first-order valence-corrected chi connectivity index (χ1v) is 8.73. The summed E-state index contributed by atoms with van der Waals surface area (Å²) in [5, 5.41) is 9.88. The van der Waals surface area contributed by atoms with Crippen molar-refractivity contribution >= 4 is 7.37 Å². The molecule has 2 rings (SSSR count). The molecule has 0 bridgehead atoms. The van der Waals surface area contributed by atoms with Gasteiger partial charge in [0.15, 0.2) is 0 Å². The summed E-state index contributed by atoms with van der Waals surface area (Å²) in [6.45, 7) is 1.88. The maximum Gasteiger partial charge on any atom is 0.219 e. The minimum absolute atomic E-state index is 0.286. The second kappa shape index (κ2) is 5.83. The molecule has 5 heteroatoms. The van der Waals surface area contributed by atoms with Crippen molar-refractivity contribution in [2.75, 3.05) is 19.4 Å². The second-order valence-corrected chi connectivity index (χ2v) is 7.95. The van der Waals surface area contributed by atoms with Gasteiger partial charge in [0.05, 0.1) is 18.0 Å². The molecule has 3 atom stereocenters. The summed E-state index contributed by atoms with van der Waals surface area (Å²) in [5.74, 6) is 0. The summed E-state index contributed by atoms with van der Waals surface area (Å²) in [4.78, 5) is 12.3. The molecule has 1 aliphatic carbocycles. The second-order valence-electron chi connectivity index (χ2n) is 5.49.